The largest absolute Gasteiger partial charge is 0.378 e. The molecule has 0 amide bonds. The second-order valence-corrected chi connectivity index (χ2v) is 6.81. The summed E-state index contributed by atoms with van der Waals surface area (Å²) < 4.78 is 5.57. The van der Waals surface area contributed by atoms with Crippen LogP contribution >= 0.6 is 11.3 Å². The molecule has 1 aromatic heterocycles. The van der Waals surface area contributed by atoms with Gasteiger partial charge in [0.05, 0.1) is 19.3 Å². The van der Waals surface area contributed by atoms with E-state index in [0.29, 0.717) is 12.0 Å². The third-order valence-corrected chi connectivity index (χ3v) is 3.89. The van der Waals surface area contributed by atoms with Gasteiger partial charge in [0.2, 0.25) is 0 Å². The summed E-state index contributed by atoms with van der Waals surface area (Å²) in [5.41, 5.74) is 0.122. The lowest BCUT2D eigenvalue weighted by molar-refractivity contribution is 0.123. The molecule has 1 aliphatic heterocycles. The Bertz CT molecular complexity index is 372. The minimum absolute atomic E-state index is 0.122. The maximum absolute atomic E-state index is 5.57. The van der Waals surface area contributed by atoms with Crippen molar-refractivity contribution < 1.29 is 4.74 Å². The van der Waals surface area contributed by atoms with E-state index >= 15 is 0 Å². The zero-order valence-electron chi connectivity index (χ0n) is 11.0. The molecule has 1 fully saturated rings. The highest BCUT2D eigenvalue weighted by atomic mass is 32.1. The van der Waals surface area contributed by atoms with Gasteiger partial charge in [0.1, 0.15) is 10.0 Å². The molecule has 2 heterocycles. The van der Waals surface area contributed by atoms with Crippen LogP contribution in [0, 0.1) is 0 Å². The molecule has 2 unspecified atom stereocenters. The molecule has 0 aromatic carbocycles. The number of hydrogen-bond donors (Lipinski definition) is 1. The highest BCUT2D eigenvalue weighted by molar-refractivity contribution is 7.11. The lowest BCUT2D eigenvalue weighted by Gasteiger charge is -2.19. The average molecular weight is 255 g/mol. The first-order valence-electron chi connectivity index (χ1n) is 6.13. The van der Waals surface area contributed by atoms with Gasteiger partial charge in [-0.2, -0.15) is 0 Å². The van der Waals surface area contributed by atoms with Gasteiger partial charge in [0, 0.05) is 11.5 Å². The van der Waals surface area contributed by atoms with Crippen LogP contribution in [0.25, 0.3) is 0 Å². The third kappa shape index (κ3) is 3.72. The molecular formula is C12H21N3OS. The molecular weight excluding hydrogens is 234 g/mol. The molecule has 17 heavy (non-hydrogen) atoms. The smallest absolute Gasteiger partial charge is 0.131 e. The normalized spacial score (nSPS) is 25.4. The summed E-state index contributed by atoms with van der Waals surface area (Å²) in [6, 6.07) is 0. The van der Waals surface area contributed by atoms with Crippen molar-refractivity contribution in [1.82, 2.24) is 15.5 Å². The highest BCUT2D eigenvalue weighted by Gasteiger charge is 2.26. The minimum Gasteiger partial charge on any atom is -0.378 e. The molecule has 1 saturated heterocycles. The van der Waals surface area contributed by atoms with Crippen LogP contribution in [0.2, 0.25) is 0 Å². The van der Waals surface area contributed by atoms with Crippen molar-refractivity contribution in [2.75, 3.05) is 6.61 Å². The fraction of sp³-hybridized carbons (Fsp3) is 0.833. The number of aromatic nitrogens is 2. The molecule has 1 aromatic rings. The lowest BCUT2D eigenvalue weighted by atomic mass is 10.1. The number of nitrogens with one attached hydrogen (secondary N) is 1. The Morgan fingerprint density at radius 1 is 1.41 bits per heavy atom. The Balaban J connectivity index is 1.92. The minimum atomic E-state index is 0.122. The van der Waals surface area contributed by atoms with Crippen LogP contribution in [-0.4, -0.2) is 28.4 Å². The second-order valence-electron chi connectivity index (χ2n) is 5.71. The van der Waals surface area contributed by atoms with E-state index < -0.39 is 0 Å². The molecule has 1 aliphatic rings. The van der Waals surface area contributed by atoms with Crippen LogP contribution in [0.3, 0.4) is 0 Å². The van der Waals surface area contributed by atoms with Crippen LogP contribution in [0.1, 0.15) is 50.0 Å². The fourth-order valence-corrected chi connectivity index (χ4v) is 2.71. The number of ether oxygens (including phenoxy) is 1. The average Bonchev–Trinajstić information content (AvgIpc) is 2.81. The monoisotopic (exact) mass is 255 g/mol. The van der Waals surface area contributed by atoms with E-state index in [-0.39, 0.29) is 5.54 Å². The van der Waals surface area contributed by atoms with Crippen LogP contribution in [0.4, 0.5) is 0 Å². The van der Waals surface area contributed by atoms with E-state index in [1.165, 1.54) is 0 Å². The Kier molecular flexibility index (Phi) is 3.80. The van der Waals surface area contributed by atoms with Crippen molar-refractivity contribution in [2.24, 2.45) is 0 Å². The Labute approximate surface area is 107 Å². The highest BCUT2D eigenvalue weighted by Crippen LogP contribution is 2.30. The van der Waals surface area contributed by atoms with Crippen molar-refractivity contribution in [1.29, 1.82) is 0 Å². The molecule has 4 nitrogen and oxygen atoms in total. The standard InChI is InChI=1S/C12H21N3OS/c1-8-5-9(7-16-8)11-15-14-10(17-11)6-13-12(2,3)4/h8-9,13H,5-7H2,1-4H3. The fourth-order valence-electron chi connectivity index (χ4n) is 1.83. The molecule has 2 rings (SSSR count). The van der Waals surface area contributed by atoms with Crippen molar-refractivity contribution in [3.63, 3.8) is 0 Å². The van der Waals surface area contributed by atoms with E-state index in [0.717, 1.165) is 29.6 Å². The summed E-state index contributed by atoms with van der Waals surface area (Å²) in [6.07, 6.45) is 1.43. The first-order chi connectivity index (χ1) is 7.94. The van der Waals surface area contributed by atoms with E-state index in [1.807, 2.05) is 0 Å². The topological polar surface area (TPSA) is 47.0 Å². The summed E-state index contributed by atoms with van der Waals surface area (Å²) in [5.74, 6) is 0.450. The van der Waals surface area contributed by atoms with Crippen molar-refractivity contribution in [2.45, 2.75) is 58.2 Å². The predicted molar refractivity (Wildman–Crippen MR) is 69.3 cm³/mol. The number of nitrogens with zero attached hydrogens (tertiary/aromatic N) is 2. The maximum atomic E-state index is 5.57. The summed E-state index contributed by atoms with van der Waals surface area (Å²) in [6.45, 7) is 10.2. The van der Waals surface area contributed by atoms with Crippen molar-refractivity contribution >= 4 is 11.3 Å². The Morgan fingerprint density at radius 2 is 2.18 bits per heavy atom. The summed E-state index contributed by atoms with van der Waals surface area (Å²) in [5, 5.41) is 14.1. The van der Waals surface area contributed by atoms with Gasteiger partial charge in [-0.3, -0.25) is 0 Å². The summed E-state index contributed by atoms with van der Waals surface area (Å²) >= 11 is 1.71. The third-order valence-electron chi connectivity index (χ3n) is 2.80. The number of rotatable bonds is 3. The van der Waals surface area contributed by atoms with Gasteiger partial charge in [-0.25, -0.2) is 0 Å². The van der Waals surface area contributed by atoms with Gasteiger partial charge in [0.15, 0.2) is 0 Å². The summed E-state index contributed by atoms with van der Waals surface area (Å²) in [4.78, 5) is 0. The van der Waals surface area contributed by atoms with Crippen LogP contribution in [0.15, 0.2) is 0 Å². The lowest BCUT2D eigenvalue weighted by Crippen LogP contribution is -2.35. The molecule has 0 radical (unpaired) electrons. The van der Waals surface area contributed by atoms with Crippen molar-refractivity contribution in [3.05, 3.63) is 10.0 Å². The van der Waals surface area contributed by atoms with Gasteiger partial charge in [-0.15, -0.1) is 10.2 Å². The molecule has 2 atom stereocenters. The zero-order valence-corrected chi connectivity index (χ0v) is 11.8. The molecule has 5 heteroatoms. The Morgan fingerprint density at radius 3 is 2.76 bits per heavy atom. The van der Waals surface area contributed by atoms with E-state index in [9.17, 15) is 0 Å². The predicted octanol–water partition coefficient (Wildman–Crippen LogP) is 2.32. The quantitative estimate of drug-likeness (QED) is 0.900. The zero-order chi connectivity index (χ0) is 12.5. The number of hydrogen-bond acceptors (Lipinski definition) is 5. The molecule has 0 bridgehead atoms. The molecule has 0 aliphatic carbocycles. The van der Waals surface area contributed by atoms with Crippen LogP contribution in [-0.2, 0) is 11.3 Å². The van der Waals surface area contributed by atoms with Gasteiger partial charge < -0.3 is 10.1 Å². The molecule has 1 N–H and O–H groups in total. The van der Waals surface area contributed by atoms with E-state index in [2.05, 4.69) is 43.2 Å². The maximum Gasteiger partial charge on any atom is 0.131 e. The first kappa shape index (κ1) is 12.9. The Hall–Kier alpha value is -0.520. The van der Waals surface area contributed by atoms with Crippen LogP contribution < -0.4 is 5.32 Å². The summed E-state index contributed by atoms with van der Waals surface area (Å²) in [7, 11) is 0. The van der Waals surface area contributed by atoms with E-state index in [1.54, 1.807) is 11.3 Å². The van der Waals surface area contributed by atoms with Gasteiger partial charge in [-0.05, 0) is 34.1 Å². The van der Waals surface area contributed by atoms with Gasteiger partial charge >= 0.3 is 0 Å². The van der Waals surface area contributed by atoms with Crippen LogP contribution in [0.5, 0.6) is 0 Å². The van der Waals surface area contributed by atoms with Gasteiger partial charge in [-0.1, -0.05) is 11.3 Å². The molecule has 96 valence electrons. The van der Waals surface area contributed by atoms with Gasteiger partial charge in [0.25, 0.3) is 0 Å². The molecule has 0 saturated carbocycles. The first-order valence-corrected chi connectivity index (χ1v) is 6.94. The van der Waals surface area contributed by atoms with E-state index in [4.69, 9.17) is 4.74 Å². The molecule has 0 spiro atoms. The second kappa shape index (κ2) is 5.00. The van der Waals surface area contributed by atoms with Crippen molar-refractivity contribution in [3.8, 4) is 0 Å². The SMILES string of the molecule is CC1CC(c2nnc(CNC(C)(C)C)s2)CO1.